The third kappa shape index (κ3) is 3.30. The van der Waals surface area contributed by atoms with Crippen LogP contribution < -0.4 is 10.9 Å². The van der Waals surface area contributed by atoms with E-state index in [9.17, 15) is 4.79 Å². The molecule has 3 rings (SSSR count). The highest BCUT2D eigenvalue weighted by molar-refractivity contribution is 9.10. The molecule has 1 unspecified atom stereocenters. The molecule has 1 atom stereocenters. The van der Waals surface area contributed by atoms with Crippen LogP contribution in [-0.4, -0.2) is 20.9 Å². The summed E-state index contributed by atoms with van der Waals surface area (Å²) in [4.78, 5) is 12.4. The van der Waals surface area contributed by atoms with Crippen molar-refractivity contribution >= 4 is 38.6 Å². The summed E-state index contributed by atoms with van der Waals surface area (Å²) in [5.74, 6) is -0.232. The van der Waals surface area contributed by atoms with E-state index in [0.717, 1.165) is 21.1 Å². The second kappa shape index (κ2) is 6.84. The van der Waals surface area contributed by atoms with E-state index in [-0.39, 0.29) is 5.91 Å². The van der Waals surface area contributed by atoms with Crippen LogP contribution in [0.15, 0.2) is 59.6 Å². The van der Waals surface area contributed by atoms with Gasteiger partial charge in [-0.1, -0.05) is 52.0 Å². The number of halogens is 1. The highest BCUT2D eigenvalue weighted by Gasteiger charge is 2.18. The maximum absolute atomic E-state index is 12.4. The number of amides is 1. The monoisotopic (exact) mass is 385 g/mol. The predicted octanol–water partition coefficient (Wildman–Crippen LogP) is 3.05. The lowest BCUT2D eigenvalue weighted by Gasteiger charge is -2.15. The van der Waals surface area contributed by atoms with Crippen LogP contribution in [0.4, 0.5) is 0 Å². The van der Waals surface area contributed by atoms with Crippen molar-refractivity contribution < 1.29 is 4.79 Å². The van der Waals surface area contributed by atoms with Crippen molar-refractivity contribution in [1.29, 1.82) is 0 Å². The van der Waals surface area contributed by atoms with Gasteiger partial charge in [-0.05, 0) is 36.8 Å². The SMILES string of the molecule is C=C(NNC(=O)C(C)n1nnc2ccccc21)c1ccc(Br)cc1. The first-order chi connectivity index (χ1) is 11.6. The van der Waals surface area contributed by atoms with E-state index in [4.69, 9.17) is 0 Å². The summed E-state index contributed by atoms with van der Waals surface area (Å²) < 4.78 is 2.57. The Morgan fingerprint density at radius 3 is 2.62 bits per heavy atom. The minimum atomic E-state index is -0.511. The number of hydrogen-bond donors (Lipinski definition) is 2. The summed E-state index contributed by atoms with van der Waals surface area (Å²) in [7, 11) is 0. The number of hydrogen-bond acceptors (Lipinski definition) is 4. The average Bonchev–Trinajstić information content (AvgIpc) is 3.03. The van der Waals surface area contributed by atoms with Crippen molar-refractivity contribution in [3.05, 3.63) is 65.1 Å². The lowest BCUT2D eigenvalue weighted by molar-refractivity contribution is -0.124. The van der Waals surface area contributed by atoms with E-state index in [1.165, 1.54) is 0 Å². The van der Waals surface area contributed by atoms with Gasteiger partial charge in [0.05, 0.1) is 11.2 Å². The van der Waals surface area contributed by atoms with Gasteiger partial charge >= 0.3 is 0 Å². The van der Waals surface area contributed by atoms with Gasteiger partial charge in [0.2, 0.25) is 0 Å². The summed E-state index contributed by atoms with van der Waals surface area (Å²) in [6, 6.07) is 14.6. The zero-order valence-corrected chi connectivity index (χ0v) is 14.6. The molecule has 1 aromatic heterocycles. The van der Waals surface area contributed by atoms with Crippen LogP contribution in [0.2, 0.25) is 0 Å². The fourth-order valence-corrected chi connectivity index (χ4v) is 2.51. The molecule has 0 aliphatic carbocycles. The molecule has 0 bridgehead atoms. The predicted molar refractivity (Wildman–Crippen MR) is 96.7 cm³/mol. The first kappa shape index (κ1) is 16.2. The maximum atomic E-state index is 12.4. The quantitative estimate of drug-likeness (QED) is 0.662. The normalized spacial score (nSPS) is 11.9. The third-order valence-electron chi connectivity index (χ3n) is 3.65. The second-order valence-corrected chi connectivity index (χ2v) is 6.21. The highest BCUT2D eigenvalue weighted by atomic mass is 79.9. The molecule has 2 N–H and O–H groups in total. The molecule has 0 aliphatic heterocycles. The van der Waals surface area contributed by atoms with Crippen molar-refractivity contribution in [1.82, 2.24) is 25.8 Å². The Bertz CT molecular complexity index is 887. The summed E-state index contributed by atoms with van der Waals surface area (Å²) in [5.41, 5.74) is 8.55. The second-order valence-electron chi connectivity index (χ2n) is 5.30. The van der Waals surface area contributed by atoms with Gasteiger partial charge in [-0.3, -0.25) is 15.6 Å². The Kier molecular flexibility index (Phi) is 4.61. The average molecular weight is 386 g/mol. The number of nitrogens with one attached hydrogen (secondary N) is 2. The number of para-hydroxylation sites is 1. The number of aromatic nitrogens is 3. The molecule has 0 radical (unpaired) electrons. The molecule has 1 amide bonds. The summed E-state index contributed by atoms with van der Waals surface area (Å²) in [6.45, 7) is 5.69. The zero-order chi connectivity index (χ0) is 17.1. The van der Waals surface area contributed by atoms with E-state index < -0.39 is 6.04 Å². The summed E-state index contributed by atoms with van der Waals surface area (Å²) in [6.07, 6.45) is 0. The Labute approximate surface area is 147 Å². The maximum Gasteiger partial charge on any atom is 0.262 e. The van der Waals surface area contributed by atoms with Gasteiger partial charge in [0.25, 0.3) is 5.91 Å². The fourth-order valence-electron chi connectivity index (χ4n) is 2.25. The molecule has 2 aromatic carbocycles. The van der Waals surface area contributed by atoms with Crippen LogP contribution in [0, 0.1) is 0 Å². The molecular formula is C17H16BrN5O. The lowest BCUT2D eigenvalue weighted by atomic mass is 10.2. The van der Waals surface area contributed by atoms with Crippen LogP contribution in [0.3, 0.4) is 0 Å². The molecule has 122 valence electrons. The third-order valence-corrected chi connectivity index (χ3v) is 4.18. The van der Waals surface area contributed by atoms with Crippen molar-refractivity contribution in [2.75, 3.05) is 0 Å². The molecule has 0 spiro atoms. The highest BCUT2D eigenvalue weighted by Crippen LogP contribution is 2.16. The molecule has 1 heterocycles. The number of carbonyl (C=O) groups is 1. The Balaban J connectivity index is 1.66. The Morgan fingerprint density at radius 1 is 1.17 bits per heavy atom. The topological polar surface area (TPSA) is 71.8 Å². The number of rotatable bonds is 5. The molecule has 0 saturated carbocycles. The first-order valence-electron chi connectivity index (χ1n) is 7.37. The van der Waals surface area contributed by atoms with Crippen molar-refractivity contribution in [2.45, 2.75) is 13.0 Å². The number of benzene rings is 2. The van der Waals surface area contributed by atoms with E-state index in [1.54, 1.807) is 11.6 Å². The molecule has 0 saturated heterocycles. The largest absolute Gasteiger partial charge is 0.299 e. The van der Waals surface area contributed by atoms with Gasteiger partial charge in [0.1, 0.15) is 11.6 Å². The molecule has 3 aromatic rings. The van der Waals surface area contributed by atoms with Gasteiger partial charge < -0.3 is 0 Å². The van der Waals surface area contributed by atoms with Crippen molar-refractivity contribution in [3.63, 3.8) is 0 Å². The minimum Gasteiger partial charge on any atom is -0.299 e. The van der Waals surface area contributed by atoms with Crippen LogP contribution in [0.5, 0.6) is 0 Å². The van der Waals surface area contributed by atoms with E-state index in [1.807, 2.05) is 48.5 Å². The molecule has 7 heteroatoms. The Hall–Kier alpha value is -2.67. The van der Waals surface area contributed by atoms with Gasteiger partial charge in [0, 0.05) is 4.47 Å². The van der Waals surface area contributed by atoms with Crippen LogP contribution >= 0.6 is 15.9 Å². The molecule has 0 fully saturated rings. The van der Waals surface area contributed by atoms with Gasteiger partial charge in [-0.25, -0.2) is 4.68 Å². The number of carbonyl (C=O) groups excluding carboxylic acids is 1. The molecule has 6 nitrogen and oxygen atoms in total. The van der Waals surface area contributed by atoms with Crippen LogP contribution in [0.25, 0.3) is 16.7 Å². The van der Waals surface area contributed by atoms with Crippen LogP contribution in [0.1, 0.15) is 18.5 Å². The van der Waals surface area contributed by atoms with E-state index in [0.29, 0.717) is 5.70 Å². The molecular weight excluding hydrogens is 370 g/mol. The Morgan fingerprint density at radius 2 is 1.88 bits per heavy atom. The number of nitrogens with zero attached hydrogens (tertiary/aromatic N) is 3. The molecule has 24 heavy (non-hydrogen) atoms. The summed E-state index contributed by atoms with van der Waals surface area (Å²) >= 11 is 3.38. The van der Waals surface area contributed by atoms with E-state index in [2.05, 4.69) is 43.7 Å². The van der Waals surface area contributed by atoms with Gasteiger partial charge in [-0.2, -0.15) is 0 Å². The first-order valence-corrected chi connectivity index (χ1v) is 8.16. The number of fused-ring (bicyclic) bond motifs is 1. The van der Waals surface area contributed by atoms with Crippen LogP contribution in [-0.2, 0) is 4.79 Å². The van der Waals surface area contributed by atoms with E-state index >= 15 is 0 Å². The minimum absolute atomic E-state index is 0.232. The van der Waals surface area contributed by atoms with Crippen molar-refractivity contribution in [2.24, 2.45) is 0 Å². The molecule has 0 aliphatic rings. The lowest BCUT2D eigenvalue weighted by Crippen LogP contribution is -2.40. The fraction of sp³-hybridized carbons (Fsp3) is 0.118. The summed E-state index contributed by atoms with van der Waals surface area (Å²) in [5, 5.41) is 8.13. The standard InChI is InChI=1S/C17H16BrN5O/c1-11(13-7-9-14(18)10-8-13)19-21-17(24)12(2)23-16-6-4-3-5-15(16)20-22-23/h3-10,12,19H,1H2,2H3,(H,21,24). The smallest absolute Gasteiger partial charge is 0.262 e. The van der Waals surface area contributed by atoms with Crippen molar-refractivity contribution in [3.8, 4) is 0 Å². The zero-order valence-electron chi connectivity index (χ0n) is 13.0. The number of hydrazine groups is 1. The van der Waals surface area contributed by atoms with Gasteiger partial charge in [-0.15, -0.1) is 5.10 Å². The van der Waals surface area contributed by atoms with Gasteiger partial charge in [0.15, 0.2) is 0 Å².